The first-order valence-electron chi connectivity index (χ1n) is 10.8. The number of morpholine rings is 1. The van der Waals surface area contributed by atoms with Gasteiger partial charge in [0.2, 0.25) is 5.88 Å². The zero-order valence-electron chi connectivity index (χ0n) is 17.5. The average molecular weight is 441 g/mol. The molecule has 0 radical (unpaired) electrons. The van der Waals surface area contributed by atoms with Crippen LogP contribution in [0.1, 0.15) is 42.1 Å². The van der Waals surface area contributed by atoms with Crippen LogP contribution in [0.2, 0.25) is 0 Å². The number of pyridine rings is 2. The number of carboxylic acids is 1. The maximum Gasteiger partial charge on any atom is 0.337 e. The molecule has 3 aromatic rings. The molecule has 0 amide bonds. The molecule has 1 aliphatic heterocycles. The minimum absolute atomic E-state index is 0.0733. The highest BCUT2D eigenvalue weighted by Gasteiger charge is 2.26. The molecule has 3 aromatic heterocycles. The van der Waals surface area contributed by atoms with Crippen LogP contribution in [0, 0.1) is 5.82 Å². The van der Waals surface area contributed by atoms with Crippen molar-refractivity contribution in [2.24, 2.45) is 0 Å². The fourth-order valence-corrected chi connectivity index (χ4v) is 4.34. The first-order valence-corrected chi connectivity index (χ1v) is 10.8. The second-order valence-corrected chi connectivity index (χ2v) is 8.17. The van der Waals surface area contributed by atoms with Gasteiger partial charge in [0.1, 0.15) is 11.9 Å². The number of fused-ring (bicyclic) bond motifs is 1. The number of anilines is 1. The van der Waals surface area contributed by atoms with Gasteiger partial charge in [-0.15, -0.1) is 0 Å². The summed E-state index contributed by atoms with van der Waals surface area (Å²) in [7, 11) is 0. The molecule has 0 spiro atoms. The van der Waals surface area contributed by atoms with Gasteiger partial charge in [-0.25, -0.2) is 9.18 Å². The van der Waals surface area contributed by atoms with Crippen LogP contribution in [0.4, 0.5) is 10.2 Å². The van der Waals surface area contributed by atoms with Crippen LogP contribution in [0.15, 0.2) is 30.7 Å². The Morgan fingerprint density at radius 2 is 1.94 bits per heavy atom. The third-order valence-corrected chi connectivity index (χ3v) is 6.08. The maximum absolute atomic E-state index is 13.3. The van der Waals surface area contributed by atoms with Crippen LogP contribution in [-0.4, -0.2) is 63.2 Å². The van der Waals surface area contributed by atoms with E-state index in [1.54, 1.807) is 10.7 Å². The third-order valence-electron chi connectivity index (χ3n) is 6.08. The second-order valence-electron chi connectivity index (χ2n) is 8.17. The van der Waals surface area contributed by atoms with Crippen LogP contribution in [0.5, 0.6) is 5.88 Å². The lowest BCUT2D eigenvalue weighted by Crippen LogP contribution is -2.36. The number of aromatic nitrogens is 4. The molecule has 1 saturated heterocycles. The van der Waals surface area contributed by atoms with Gasteiger partial charge < -0.3 is 19.5 Å². The summed E-state index contributed by atoms with van der Waals surface area (Å²) in [6, 6.07) is 3.57. The lowest BCUT2D eigenvalue weighted by Gasteiger charge is -2.30. The SMILES string of the molecule is O=C(O)c1cnc2cc(N3CCOCC3)nc(O[C@H]3CC[C@@H](n4cc(F)cn4)CC3)c2c1. The Kier molecular flexibility index (Phi) is 5.60. The topological polar surface area (TPSA) is 103 Å². The maximum atomic E-state index is 13.3. The molecule has 9 nitrogen and oxygen atoms in total. The summed E-state index contributed by atoms with van der Waals surface area (Å²) in [5, 5.41) is 14.1. The molecule has 0 aromatic carbocycles. The van der Waals surface area contributed by atoms with E-state index in [0.717, 1.165) is 44.6 Å². The molecule has 4 heterocycles. The van der Waals surface area contributed by atoms with Crippen LogP contribution in [0.3, 0.4) is 0 Å². The van der Waals surface area contributed by atoms with E-state index < -0.39 is 5.97 Å². The van der Waals surface area contributed by atoms with Gasteiger partial charge in [-0.05, 0) is 31.7 Å². The molecule has 2 aliphatic rings. The molecule has 1 saturated carbocycles. The smallest absolute Gasteiger partial charge is 0.337 e. The van der Waals surface area contributed by atoms with Gasteiger partial charge in [0.05, 0.1) is 48.1 Å². The van der Waals surface area contributed by atoms with E-state index in [1.807, 2.05) is 6.07 Å². The van der Waals surface area contributed by atoms with Crippen molar-refractivity contribution in [2.45, 2.75) is 37.8 Å². The van der Waals surface area contributed by atoms with Crippen molar-refractivity contribution in [3.8, 4) is 5.88 Å². The van der Waals surface area contributed by atoms with E-state index in [4.69, 9.17) is 14.5 Å². The Hall–Kier alpha value is -3.27. The standard InChI is InChI=1S/C22H24FN5O4/c23-15-12-25-28(13-15)16-1-3-17(4-2-16)32-21-18-9-14(22(29)30)11-24-19(18)10-20(26-21)27-5-7-31-8-6-27/h9-13,16-17H,1-8H2,(H,29,30)/t16-,17+. The zero-order chi connectivity index (χ0) is 22.1. The molecule has 0 unspecified atom stereocenters. The van der Waals surface area contributed by atoms with Gasteiger partial charge >= 0.3 is 5.97 Å². The predicted octanol–water partition coefficient (Wildman–Crippen LogP) is 3.06. The fraction of sp³-hybridized carbons (Fsp3) is 0.455. The molecule has 1 aliphatic carbocycles. The summed E-state index contributed by atoms with van der Waals surface area (Å²) in [5.74, 6) is -0.240. The van der Waals surface area contributed by atoms with Gasteiger partial charge in [0.25, 0.3) is 0 Å². The molecule has 10 heteroatoms. The number of carbonyl (C=O) groups is 1. The Bertz CT molecular complexity index is 1120. The van der Waals surface area contributed by atoms with Crippen molar-refractivity contribution < 1.29 is 23.8 Å². The van der Waals surface area contributed by atoms with E-state index in [1.165, 1.54) is 18.6 Å². The lowest BCUT2D eigenvalue weighted by atomic mass is 9.93. The van der Waals surface area contributed by atoms with Crippen molar-refractivity contribution >= 4 is 22.7 Å². The van der Waals surface area contributed by atoms with E-state index in [0.29, 0.717) is 30.0 Å². The zero-order valence-corrected chi connectivity index (χ0v) is 17.5. The largest absolute Gasteiger partial charge is 0.478 e. The van der Waals surface area contributed by atoms with E-state index in [-0.39, 0.29) is 23.5 Å². The van der Waals surface area contributed by atoms with Crippen molar-refractivity contribution in [3.05, 3.63) is 42.1 Å². The first kappa shape index (κ1) is 20.6. The number of hydrogen-bond donors (Lipinski definition) is 1. The number of halogens is 1. The molecule has 5 rings (SSSR count). The number of ether oxygens (including phenoxy) is 2. The highest BCUT2D eigenvalue weighted by atomic mass is 19.1. The van der Waals surface area contributed by atoms with Crippen LogP contribution in [0.25, 0.3) is 10.9 Å². The summed E-state index contributed by atoms with van der Waals surface area (Å²) < 4.78 is 26.7. The number of rotatable bonds is 5. The van der Waals surface area contributed by atoms with Crippen molar-refractivity contribution in [1.82, 2.24) is 19.7 Å². The minimum Gasteiger partial charge on any atom is -0.478 e. The van der Waals surface area contributed by atoms with Crippen LogP contribution < -0.4 is 9.64 Å². The van der Waals surface area contributed by atoms with Gasteiger partial charge in [-0.3, -0.25) is 9.67 Å². The highest BCUT2D eigenvalue weighted by molar-refractivity contribution is 5.94. The van der Waals surface area contributed by atoms with E-state index >= 15 is 0 Å². The Balaban J connectivity index is 1.40. The Morgan fingerprint density at radius 1 is 1.16 bits per heavy atom. The Morgan fingerprint density at radius 3 is 2.62 bits per heavy atom. The second kappa shape index (κ2) is 8.70. The number of carboxylic acid groups (broad SMARTS) is 1. The number of aromatic carboxylic acids is 1. The minimum atomic E-state index is -1.05. The van der Waals surface area contributed by atoms with Gasteiger partial charge in [0.15, 0.2) is 5.82 Å². The molecule has 32 heavy (non-hydrogen) atoms. The number of hydrogen-bond acceptors (Lipinski definition) is 7. The van der Waals surface area contributed by atoms with Gasteiger partial charge in [0, 0.05) is 25.4 Å². The van der Waals surface area contributed by atoms with Crippen LogP contribution >= 0.6 is 0 Å². The van der Waals surface area contributed by atoms with Crippen molar-refractivity contribution in [3.63, 3.8) is 0 Å². The monoisotopic (exact) mass is 441 g/mol. The van der Waals surface area contributed by atoms with Crippen molar-refractivity contribution in [2.75, 3.05) is 31.2 Å². The normalized spacial score (nSPS) is 21.6. The van der Waals surface area contributed by atoms with Gasteiger partial charge in [-0.2, -0.15) is 10.1 Å². The summed E-state index contributed by atoms with van der Waals surface area (Å²) in [4.78, 5) is 22.7. The molecule has 0 atom stereocenters. The van der Waals surface area contributed by atoms with E-state index in [2.05, 4.69) is 15.0 Å². The summed E-state index contributed by atoms with van der Waals surface area (Å²) >= 11 is 0. The quantitative estimate of drug-likeness (QED) is 0.645. The van der Waals surface area contributed by atoms with Gasteiger partial charge in [-0.1, -0.05) is 0 Å². The molecule has 168 valence electrons. The summed E-state index contributed by atoms with van der Waals surface area (Å²) in [6.07, 6.45) is 7.08. The Labute approximate surface area is 183 Å². The molecule has 2 fully saturated rings. The molecule has 1 N–H and O–H groups in total. The predicted molar refractivity (Wildman–Crippen MR) is 114 cm³/mol. The number of nitrogens with zero attached hydrogens (tertiary/aromatic N) is 5. The third kappa shape index (κ3) is 4.22. The summed E-state index contributed by atoms with van der Waals surface area (Å²) in [6.45, 7) is 2.69. The first-order chi connectivity index (χ1) is 15.6. The molecular formula is C22H24FN5O4. The van der Waals surface area contributed by atoms with Crippen molar-refractivity contribution in [1.29, 1.82) is 0 Å². The molecular weight excluding hydrogens is 417 g/mol. The van der Waals surface area contributed by atoms with Crippen LogP contribution in [-0.2, 0) is 4.74 Å². The average Bonchev–Trinajstić information content (AvgIpc) is 3.26. The fourth-order valence-electron chi connectivity index (χ4n) is 4.34. The molecule has 0 bridgehead atoms. The lowest BCUT2D eigenvalue weighted by molar-refractivity contribution is 0.0696. The highest BCUT2D eigenvalue weighted by Crippen LogP contribution is 2.34. The summed E-state index contributed by atoms with van der Waals surface area (Å²) in [5.41, 5.74) is 0.731. The van der Waals surface area contributed by atoms with E-state index in [9.17, 15) is 14.3 Å².